The van der Waals surface area contributed by atoms with Gasteiger partial charge in [0.25, 0.3) is 5.91 Å². The van der Waals surface area contributed by atoms with Gasteiger partial charge in [0.15, 0.2) is 23.4 Å². The molecule has 0 saturated carbocycles. The molecule has 1 aromatic heterocycles. The molecule has 1 atom stereocenters. The van der Waals surface area contributed by atoms with Crippen LogP contribution in [0.5, 0.6) is 5.75 Å². The molecule has 1 N–H and O–H groups in total. The Morgan fingerprint density at radius 2 is 1.66 bits per heavy atom. The number of carbonyl (C=O) groups excluding carboxylic acids is 2. The predicted molar refractivity (Wildman–Crippen MR) is 116 cm³/mol. The molecule has 4 aromatic rings. The van der Waals surface area contributed by atoms with E-state index in [1.807, 2.05) is 0 Å². The van der Waals surface area contributed by atoms with Gasteiger partial charge in [-0.3, -0.25) is 9.59 Å². The van der Waals surface area contributed by atoms with Crippen molar-refractivity contribution in [2.24, 2.45) is 0 Å². The quantitative estimate of drug-likeness (QED) is 0.376. The number of ether oxygens (including phenoxy) is 1. The molecule has 5 nitrogen and oxygen atoms in total. The summed E-state index contributed by atoms with van der Waals surface area (Å²) in [5.74, 6) is -2.27. The van der Waals surface area contributed by atoms with Gasteiger partial charge >= 0.3 is 0 Å². The number of fused-ring (bicyclic) bond motifs is 1. The Morgan fingerprint density at radius 1 is 0.969 bits per heavy atom. The zero-order chi connectivity index (χ0) is 22.7. The van der Waals surface area contributed by atoms with Crippen molar-refractivity contribution in [3.8, 4) is 5.75 Å². The Kier molecular flexibility index (Phi) is 5.98. The molecule has 0 aliphatic heterocycles. The number of furan rings is 1. The van der Waals surface area contributed by atoms with Crippen LogP contribution >= 0.6 is 0 Å². The van der Waals surface area contributed by atoms with Gasteiger partial charge in [-0.1, -0.05) is 31.2 Å². The minimum Gasteiger partial charge on any atom is -0.478 e. The van der Waals surface area contributed by atoms with Crippen LogP contribution in [0.4, 0.5) is 14.5 Å². The second-order valence-corrected chi connectivity index (χ2v) is 7.07. The Morgan fingerprint density at radius 3 is 2.38 bits per heavy atom. The fraction of sp³-hybridized carbons (Fsp3) is 0.120. The van der Waals surface area contributed by atoms with Crippen LogP contribution in [0.2, 0.25) is 0 Å². The van der Waals surface area contributed by atoms with E-state index >= 15 is 0 Å². The van der Waals surface area contributed by atoms with Gasteiger partial charge in [0, 0.05) is 10.9 Å². The summed E-state index contributed by atoms with van der Waals surface area (Å²) in [7, 11) is 0. The number of benzene rings is 3. The highest BCUT2D eigenvalue weighted by atomic mass is 19.1. The van der Waals surface area contributed by atoms with E-state index in [0.29, 0.717) is 11.0 Å². The van der Waals surface area contributed by atoms with Crippen LogP contribution in [0.1, 0.15) is 29.5 Å². The van der Waals surface area contributed by atoms with Crippen LogP contribution < -0.4 is 10.1 Å². The van der Waals surface area contributed by atoms with E-state index in [-0.39, 0.29) is 29.2 Å². The molecular weight excluding hydrogens is 416 g/mol. The van der Waals surface area contributed by atoms with E-state index in [9.17, 15) is 18.4 Å². The molecule has 0 saturated heterocycles. The van der Waals surface area contributed by atoms with Gasteiger partial charge in [0.05, 0.1) is 5.69 Å². The molecule has 3 aromatic carbocycles. The average Bonchev–Trinajstić information content (AvgIpc) is 3.17. The molecule has 32 heavy (non-hydrogen) atoms. The van der Waals surface area contributed by atoms with Crippen molar-refractivity contribution in [1.29, 1.82) is 0 Å². The summed E-state index contributed by atoms with van der Waals surface area (Å²) in [4.78, 5) is 26.1. The number of rotatable bonds is 7. The van der Waals surface area contributed by atoms with E-state index in [1.165, 1.54) is 42.5 Å². The number of hydrogen-bond donors (Lipinski definition) is 1. The van der Waals surface area contributed by atoms with Crippen LogP contribution in [0, 0.1) is 11.6 Å². The molecule has 0 fully saturated rings. The Balaban J connectivity index is 1.67. The van der Waals surface area contributed by atoms with Crippen LogP contribution in [0.15, 0.2) is 77.2 Å². The summed E-state index contributed by atoms with van der Waals surface area (Å²) in [6, 6.07) is 17.7. The molecule has 162 valence electrons. The highest BCUT2D eigenvalue weighted by Gasteiger charge is 2.27. The maximum atomic E-state index is 14.0. The van der Waals surface area contributed by atoms with Crippen LogP contribution in [0.3, 0.4) is 0 Å². The first-order chi connectivity index (χ1) is 15.5. The second kappa shape index (κ2) is 9.01. The number of nitrogens with one attached hydrogen (secondary N) is 1. The average molecular weight is 435 g/mol. The van der Waals surface area contributed by atoms with E-state index in [4.69, 9.17) is 9.15 Å². The zero-order valence-corrected chi connectivity index (χ0v) is 17.1. The van der Waals surface area contributed by atoms with Crippen LogP contribution in [0.25, 0.3) is 11.0 Å². The van der Waals surface area contributed by atoms with E-state index in [1.54, 1.807) is 37.3 Å². The summed E-state index contributed by atoms with van der Waals surface area (Å²) < 4.78 is 38.6. The SMILES string of the molecule is CC[C@H](Oc1ccccc1F)C(=O)Nc1c(C(=O)c2ccc(F)cc2)oc2ccccc12. The number of ketones is 1. The van der Waals surface area contributed by atoms with Crippen LogP contribution in [-0.2, 0) is 4.79 Å². The number of halogens is 2. The number of amides is 1. The minimum absolute atomic E-state index is 0.0471. The molecule has 0 aliphatic carbocycles. The smallest absolute Gasteiger partial charge is 0.265 e. The summed E-state index contributed by atoms with van der Waals surface area (Å²) in [6.45, 7) is 1.73. The third-order valence-corrected chi connectivity index (χ3v) is 4.93. The maximum Gasteiger partial charge on any atom is 0.265 e. The van der Waals surface area contributed by atoms with E-state index in [2.05, 4.69) is 5.32 Å². The molecule has 1 amide bonds. The lowest BCUT2D eigenvalue weighted by molar-refractivity contribution is -0.122. The molecule has 0 unspecified atom stereocenters. The van der Waals surface area contributed by atoms with Crippen molar-refractivity contribution in [3.05, 3.63) is 95.8 Å². The van der Waals surface area contributed by atoms with Crippen molar-refractivity contribution in [2.45, 2.75) is 19.4 Å². The lowest BCUT2D eigenvalue weighted by Gasteiger charge is -2.17. The molecule has 1 heterocycles. The minimum atomic E-state index is -1.01. The normalized spacial score (nSPS) is 11.8. The Bertz CT molecular complexity index is 1280. The van der Waals surface area contributed by atoms with Crippen molar-refractivity contribution < 1.29 is 27.5 Å². The van der Waals surface area contributed by atoms with Crippen LogP contribution in [-0.4, -0.2) is 17.8 Å². The third kappa shape index (κ3) is 4.23. The van der Waals surface area contributed by atoms with Gasteiger partial charge in [-0.05, 0) is 55.0 Å². The predicted octanol–water partition coefficient (Wildman–Crippen LogP) is 5.74. The van der Waals surface area contributed by atoms with Gasteiger partial charge < -0.3 is 14.5 Å². The largest absolute Gasteiger partial charge is 0.478 e. The number of hydrogen-bond acceptors (Lipinski definition) is 4. The molecular formula is C25H19F2NO4. The summed E-state index contributed by atoms with van der Waals surface area (Å²) >= 11 is 0. The molecule has 0 bridgehead atoms. The number of carbonyl (C=O) groups is 2. The monoisotopic (exact) mass is 435 g/mol. The fourth-order valence-corrected chi connectivity index (χ4v) is 3.28. The molecule has 7 heteroatoms. The van der Waals surface area contributed by atoms with Gasteiger partial charge in [-0.15, -0.1) is 0 Å². The van der Waals surface area contributed by atoms with Gasteiger partial charge in [-0.2, -0.15) is 0 Å². The lowest BCUT2D eigenvalue weighted by Crippen LogP contribution is -2.33. The Labute approximate surface area is 182 Å². The summed E-state index contributed by atoms with van der Waals surface area (Å²) in [5, 5.41) is 3.23. The first kappa shape index (κ1) is 21.2. The second-order valence-electron chi connectivity index (χ2n) is 7.07. The summed E-state index contributed by atoms with van der Waals surface area (Å²) in [5.41, 5.74) is 0.780. The van der Waals surface area contributed by atoms with Gasteiger partial charge in [0.1, 0.15) is 11.4 Å². The first-order valence-corrected chi connectivity index (χ1v) is 10.0. The highest BCUT2D eigenvalue weighted by molar-refractivity contribution is 6.17. The molecule has 0 radical (unpaired) electrons. The van der Waals surface area contributed by atoms with Gasteiger partial charge in [-0.25, -0.2) is 8.78 Å². The van der Waals surface area contributed by atoms with Crippen molar-refractivity contribution in [2.75, 3.05) is 5.32 Å². The van der Waals surface area contributed by atoms with Crippen molar-refractivity contribution >= 4 is 28.3 Å². The molecule has 0 spiro atoms. The van der Waals surface area contributed by atoms with Crippen molar-refractivity contribution in [3.63, 3.8) is 0 Å². The van der Waals surface area contributed by atoms with Gasteiger partial charge in [0.2, 0.25) is 5.78 Å². The first-order valence-electron chi connectivity index (χ1n) is 10.0. The summed E-state index contributed by atoms with van der Waals surface area (Å²) in [6.07, 6.45) is -0.744. The highest BCUT2D eigenvalue weighted by Crippen LogP contribution is 2.33. The Hall–Kier alpha value is -4.00. The zero-order valence-electron chi connectivity index (χ0n) is 17.1. The standard InChI is InChI=1S/C25H19F2NO4/c1-2-19(31-21-10-6-4-8-18(21)27)25(30)28-22-17-7-3-5-9-20(17)32-24(22)23(29)15-11-13-16(26)14-12-15/h3-14,19H,2H2,1H3,(H,28,30)/t19-/m0/s1. The number of anilines is 1. The number of para-hydroxylation sites is 2. The molecule has 4 rings (SSSR count). The fourth-order valence-electron chi connectivity index (χ4n) is 3.28. The van der Waals surface area contributed by atoms with E-state index in [0.717, 1.165) is 0 Å². The maximum absolute atomic E-state index is 14.0. The lowest BCUT2D eigenvalue weighted by atomic mass is 10.1. The topological polar surface area (TPSA) is 68.5 Å². The van der Waals surface area contributed by atoms with E-state index < -0.39 is 29.4 Å². The third-order valence-electron chi connectivity index (χ3n) is 4.93. The van der Waals surface area contributed by atoms with Crippen molar-refractivity contribution in [1.82, 2.24) is 0 Å². The molecule has 0 aliphatic rings.